The first kappa shape index (κ1) is 18.0. The molecule has 3 rings (SSSR count). The Morgan fingerprint density at radius 1 is 1.35 bits per heavy atom. The van der Waals surface area contributed by atoms with Crippen LogP contribution >= 0.6 is 0 Å². The summed E-state index contributed by atoms with van der Waals surface area (Å²) in [4.78, 5) is 27.4. The zero-order valence-electron chi connectivity index (χ0n) is 15.3. The number of benzene rings is 1. The van der Waals surface area contributed by atoms with Gasteiger partial charge in [-0.2, -0.15) is 0 Å². The average Bonchev–Trinajstić information content (AvgIpc) is 3.19. The van der Waals surface area contributed by atoms with Crippen molar-refractivity contribution >= 4 is 17.6 Å². The first-order valence-electron chi connectivity index (χ1n) is 8.77. The van der Waals surface area contributed by atoms with Crippen molar-refractivity contribution < 1.29 is 19.1 Å². The Hall–Kier alpha value is -2.76. The molecule has 1 aliphatic rings. The minimum Gasteiger partial charge on any atom is -0.481 e. The van der Waals surface area contributed by atoms with Gasteiger partial charge in [-0.15, -0.1) is 0 Å². The number of rotatable bonds is 6. The van der Waals surface area contributed by atoms with Crippen molar-refractivity contribution in [3.8, 4) is 0 Å². The molecule has 0 radical (unpaired) electrons. The largest absolute Gasteiger partial charge is 0.481 e. The summed E-state index contributed by atoms with van der Waals surface area (Å²) in [5.74, 6) is -1.57. The minimum atomic E-state index is -0.924. The van der Waals surface area contributed by atoms with E-state index in [1.54, 1.807) is 14.0 Å². The summed E-state index contributed by atoms with van der Waals surface area (Å²) in [7, 11) is 1.60. The molecule has 6 nitrogen and oxygen atoms in total. The highest BCUT2D eigenvalue weighted by molar-refractivity contribution is 5.93. The highest BCUT2D eigenvalue weighted by Crippen LogP contribution is 2.33. The van der Waals surface area contributed by atoms with Crippen molar-refractivity contribution in [1.29, 1.82) is 0 Å². The van der Waals surface area contributed by atoms with Crippen LogP contribution in [0.15, 0.2) is 41.0 Å². The molecule has 0 saturated heterocycles. The molecule has 1 aromatic heterocycles. The number of hydrogen-bond acceptors (Lipinski definition) is 4. The van der Waals surface area contributed by atoms with E-state index in [1.165, 1.54) is 22.4 Å². The van der Waals surface area contributed by atoms with E-state index < -0.39 is 11.9 Å². The average molecular weight is 356 g/mol. The third-order valence-corrected chi connectivity index (χ3v) is 4.95. The molecule has 1 aromatic carbocycles. The van der Waals surface area contributed by atoms with E-state index >= 15 is 0 Å². The molecule has 0 bridgehead atoms. The molecule has 0 spiro atoms. The molecule has 0 aliphatic carbocycles. The minimum absolute atomic E-state index is 0.136. The normalized spacial score (nSPS) is 17.0. The summed E-state index contributed by atoms with van der Waals surface area (Å²) in [5, 5.41) is 9.04. The highest BCUT2D eigenvalue weighted by Gasteiger charge is 2.29. The van der Waals surface area contributed by atoms with Gasteiger partial charge in [-0.3, -0.25) is 9.59 Å². The second-order valence-electron chi connectivity index (χ2n) is 7.01. The van der Waals surface area contributed by atoms with Crippen LogP contribution in [-0.4, -0.2) is 41.5 Å². The predicted molar refractivity (Wildman–Crippen MR) is 98.3 cm³/mol. The van der Waals surface area contributed by atoms with Crippen LogP contribution in [0.3, 0.4) is 0 Å². The van der Waals surface area contributed by atoms with Crippen molar-refractivity contribution in [3.63, 3.8) is 0 Å². The highest BCUT2D eigenvalue weighted by atomic mass is 16.4. The van der Waals surface area contributed by atoms with E-state index in [-0.39, 0.29) is 18.2 Å². The number of carbonyl (C=O) groups excluding carboxylic acids is 1. The van der Waals surface area contributed by atoms with Gasteiger partial charge in [-0.25, -0.2) is 0 Å². The van der Waals surface area contributed by atoms with Crippen molar-refractivity contribution in [2.24, 2.45) is 5.92 Å². The Kier molecular flexibility index (Phi) is 5.02. The molecule has 1 aliphatic heterocycles. The lowest BCUT2D eigenvalue weighted by Crippen LogP contribution is -2.34. The van der Waals surface area contributed by atoms with Crippen molar-refractivity contribution in [1.82, 2.24) is 4.90 Å². The zero-order valence-corrected chi connectivity index (χ0v) is 15.3. The quantitative estimate of drug-likeness (QED) is 0.861. The lowest BCUT2D eigenvalue weighted by molar-refractivity contribution is -0.141. The number of fused-ring (bicyclic) bond motifs is 1. The van der Waals surface area contributed by atoms with Gasteiger partial charge in [0, 0.05) is 37.4 Å². The summed E-state index contributed by atoms with van der Waals surface area (Å²) in [6, 6.07) is 10.5. The maximum Gasteiger partial charge on any atom is 0.308 e. The molecular formula is C20H24N2O4. The first-order chi connectivity index (χ1) is 12.4. The molecular weight excluding hydrogens is 332 g/mol. The molecule has 0 fully saturated rings. The predicted octanol–water partition coefficient (Wildman–Crippen LogP) is 3.02. The Morgan fingerprint density at radius 3 is 2.81 bits per heavy atom. The summed E-state index contributed by atoms with van der Waals surface area (Å²) in [5.41, 5.74) is 3.31. The maximum absolute atomic E-state index is 12.7. The number of furan rings is 1. The van der Waals surface area contributed by atoms with E-state index in [4.69, 9.17) is 9.52 Å². The molecule has 138 valence electrons. The lowest BCUT2D eigenvalue weighted by Gasteiger charge is -2.25. The van der Waals surface area contributed by atoms with Gasteiger partial charge in [0.05, 0.1) is 12.2 Å². The molecule has 2 unspecified atom stereocenters. The topological polar surface area (TPSA) is 74.0 Å². The van der Waals surface area contributed by atoms with Crippen LogP contribution in [-0.2, 0) is 17.8 Å². The van der Waals surface area contributed by atoms with Crippen molar-refractivity contribution in [2.45, 2.75) is 32.9 Å². The summed E-state index contributed by atoms with van der Waals surface area (Å²) in [6.45, 7) is 4.47. The molecule has 2 atom stereocenters. The second-order valence-corrected chi connectivity index (χ2v) is 7.01. The van der Waals surface area contributed by atoms with E-state index in [9.17, 15) is 9.59 Å². The van der Waals surface area contributed by atoms with Gasteiger partial charge in [-0.1, -0.05) is 25.1 Å². The van der Waals surface area contributed by atoms with Crippen molar-refractivity contribution in [3.05, 3.63) is 53.5 Å². The Labute approximate surface area is 153 Å². The van der Waals surface area contributed by atoms with Gasteiger partial charge in [-0.05, 0) is 31.0 Å². The van der Waals surface area contributed by atoms with Crippen LogP contribution in [0.2, 0.25) is 0 Å². The molecule has 1 amide bonds. The fourth-order valence-corrected chi connectivity index (χ4v) is 3.45. The van der Waals surface area contributed by atoms with Crippen LogP contribution in [0.5, 0.6) is 0 Å². The number of aliphatic carboxylic acids is 1. The first-order valence-corrected chi connectivity index (χ1v) is 8.77. The molecule has 0 saturated carbocycles. The summed E-state index contributed by atoms with van der Waals surface area (Å²) < 4.78 is 5.46. The van der Waals surface area contributed by atoms with Gasteiger partial charge in [0.25, 0.3) is 5.91 Å². The van der Waals surface area contributed by atoms with Crippen LogP contribution in [0.4, 0.5) is 5.69 Å². The molecule has 1 N–H and O–H groups in total. The molecule has 6 heteroatoms. The third-order valence-electron chi connectivity index (χ3n) is 4.95. The van der Waals surface area contributed by atoms with Gasteiger partial charge in [0.2, 0.25) is 0 Å². The number of anilines is 1. The molecule has 2 heterocycles. The number of nitrogens with zero attached hydrogens (tertiary/aromatic N) is 2. The monoisotopic (exact) mass is 356 g/mol. The van der Waals surface area contributed by atoms with Gasteiger partial charge in [0.15, 0.2) is 5.76 Å². The van der Waals surface area contributed by atoms with Crippen LogP contribution < -0.4 is 4.90 Å². The standard InChI is InChI=1S/C20H24N2O4/c1-13(20(24)25)11-21(3)19(23)18-16(8-9-26-18)12-22-14(2)10-15-6-4-5-7-17(15)22/h4-9,13-14H,10-12H2,1-3H3,(H,24,25). The Morgan fingerprint density at radius 2 is 2.08 bits per heavy atom. The number of hydrogen-bond donors (Lipinski definition) is 1. The van der Waals surface area contributed by atoms with E-state index in [0.29, 0.717) is 12.6 Å². The molecule has 26 heavy (non-hydrogen) atoms. The number of carboxylic acid groups (broad SMARTS) is 1. The van der Waals surface area contributed by atoms with Crippen LogP contribution in [0, 0.1) is 5.92 Å². The lowest BCUT2D eigenvalue weighted by atomic mass is 10.1. The van der Waals surface area contributed by atoms with Gasteiger partial charge < -0.3 is 19.3 Å². The smallest absolute Gasteiger partial charge is 0.308 e. The van der Waals surface area contributed by atoms with Gasteiger partial charge in [0.1, 0.15) is 0 Å². The second kappa shape index (κ2) is 7.23. The van der Waals surface area contributed by atoms with E-state index in [1.807, 2.05) is 18.2 Å². The fourth-order valence-electron chi connectivity index (χ4n) is 3.45. The molecule has 2 aromatic rings. The third kappa shape index (κ3) is 3.45. The number of amides is 1. The fraction of sp³-hybridized carbons (Fsp3) is 0.400. The van der Waals surface area contributed by atoms with Crippen LogP contribution in [0.1, 0.15) is 35.5 Å². The SMILES string of the molecule is CC(CN(C)C(=O)c1occc1CN1c2ccccc2CC1C)C(=O)O. The summed E-state index contributed by atoms with van der Waals surface area (Å²) >= 11 is 0. The van der Waals surface area contributed by atoms with Gasteiger partial charge >= 0.3 is 5.97 Å². The Bertz CT molecular complexity index is 814. The zero-order chi connectivity index (χ0) is 18.8. The number of carbonyl (C=O) groups is 2. The summed E-state index contributed by atoms with van der Waals surface area (Å²) in [6.07, 6.45) is 2.50. The van der Waals surface area contributed by atoms with E-state index in [2.05, 4.69) is 24.0 Å². The number of para-hydroxylation sites is 1. The van der Waals surface area contributed by atoms with Crippen LogP contribution in [0.25, 0.3) is 0 Å². The Balaban J connectivity index is 1.77. The number of carboxylic acids is 1. The van der Waals surface area contributed by atoms with Crippen molar-refractivity contribution in [2.75, 3.05) is 18.5 Å². The maximum atomic E-state index is 12.7. The van der Waals surface area contributed by atoms with E-state index in [0.717, 1.165) is 12.0 Å².